The summed E-state index contributed by atoms with van der Waals surface area (Å²) in [5.74, 6) is -1.03. The van der Waals surface area contributed by atoms with Crippen LogP contribution in [0.3, 0.4) is 0 Å². The largest absolute Gasteiger partial charge is 0.349 e. The van der Waals surface area contributed by atoms with Crippen LogP contribution in [-0.2, 0) is 19.5 Å². The number of hydrogen-bond donors (Lipinski definition) is 1. The van der Waals surface area contributed by atoms with E-state index >= 15 is 0 Å². The number of halogens is 2. The highest BCUT2D eigenvalue weighted by molar-refractivity contribution is 5.26. The molecule has 0 unspecified atom stereocenters. The molecule has 1 heterocycles. The summed E-state index contributed by atoms with van der Waals surface area (Å²) in [4.78, 5) is 0. The zero-order chi connectivity index (χ0) is 15.4. The molecule has 1 aromatic carbocycles. The molecule has 0 aliphatic heterocycles. The quantitative estimate of drug-likeness (QED) is 0.803. The summed E-state index contributed by atoms with van der Waals surface area (Å²) in [5.41, 5.74) is 4.50. The van der Waals surface area contributed by atoms with Crippen molar-refractivity contribution in [2.75, 3.05) is 6.54 Å². The number of nitrogens with zero attached hydrogens (tertiary/aromatic N) is 1. The average Bonchev–Trinajstić information content (AvgIpc) is 2.68. The van der Waals surface area contributed by atoms with Crippen LogP contribution in [0.25, 0.3) is 0 Å². The van der Waals surface area contributed by atoms with Gasteiger partial charge in [-0.2, -0.15) is 0 Å². The van der Waals surface area contributed by atoms with E-state index in [0.717, 1.165) is 19.2 Å². The summed E-state index contributed by atoms with van der Waals surface area (Å²) in [6.45, 7) is 8.80. The Bertz CT molecular complexity index is 597. The SMILES string of the molecule is CCn1c(C)cc(CNCCc2cc(F)cc(F)c2)c1C. The van der Waals surface area contributed by atoms with Crippen molar-refractivity contribution >= 4 is 0 Å². The van der Waals surface area contributed by atoms with E-state index in [-0.39, 0.29) is 0 Å². The topological polar surface area (TPSA) is 17.0 Å². The first-order valence-corrected chi connectivity index (χ1v) is 7.32. The van der Waals surface area contributed by atoms with Crippen molar-refractivity contribution in [2.24, 2.45) is 0 Å². The Hall–Kier alpha value is -1.68. The van der Waals surface area contributed by atoms with E-state index < -0.39 is 11.6 Å². The molecule has 2 rings (SSSR count). The van der Waals surface area contributed by atoms with E-state index in [9.17, 15) is 8.78 Å². The molecular formula is C17H22F2N2. The zero-order valence-corrected chi connectivity index (χ0v) is 12.8. The molecule has 0 saturated carbocycles. The van der Waals surface area contributed by atoms with Crippen LogP contribution in [0.5, 0.6) is 0 Å². The van der Waals surface area contributed by atoms with Crippen molar-refractivity contribution < 1.29 is 8.78 Å². The summed E-state index contributed by atoms with van der Waals surface area (Å²) in [6.07, 6.45) is 0.612. The van der Waals surface area contributed by atoms with Gasteiger partial charge in [-0.3, -0.25) is 0 Å². The molecule has 21 heavy (non-hydrogen) atoms. The molecule has 0 spiro atoms. The minimum absolute atomic E-state index is 0.517. The smallest absolute Gasteiger partial charge is 0.126 e. The molecule has 4 heteroatoms. The molecule has 0 saturated heterocycles. The van der Waals surface area contributed by atoms with Gasteiger partial charge >= 0.3 is 0 Å². The lowest BCUT2D eigenvalue weighted by atomic mass is 10.1. The van der Waals surface area contributed by atoms with E-state index in [1.54, 1.807) is 0 Å². The molecule has 1 aromatic heterocycles. The Morgan fingerprint density at radius 1 is 1.05 bits per heavy atom. The Labute approximate surface area is 124 Å². The van der Waals surface area contributed by atoms with Crippen LogP contribution < -0.4 is 5.32 Å². The van der Waals surface area contributed by atoms with Crippen molar-refractivity contribution in [1.29, 1.82) is 0 Å². The summed E-state index contributed by atoms with van der Waals surface area (Å²) in [7, 11) is 0. The van der Waals surface area contributed by atoms with Gasteiger partial charge in [0.2, 0.25) is 0 Å². The second-order valence-corrected chi connectivity index (χ2v) is 5.35. The molecule has 0 aliphatic carbocycles. The average molecular weight is 292 g/mol. The molecule has 0 amide bonds. The van der Waals surface area contributed by atoms with Gasteiger partial charge in [0.1, 0.15) is 11.6 Å². The molecule has 2 nitrogen and oxygen atoms in total. The lowest BCUT2D eigenvalue weighted by Gasteiger charge is -2.07. The minimum atomic E-state index is -0.517. The third-order valence-corrected chi connectivity index (χ3v) is 3.82. The van der Waals surface area contributed by atoms with Gasteiger partial charge < -0.3 is 9.88 Å². The van der Waals surface area contributed by atoms with E-state index in [0.29, 0.717) is 18.5 Å². The normalized spacial score (nSPS) is 11.1. The van der Waals surface area contributed by atoms with Gasteiger partial charge in [0.25, 0.3) is 0 Å². The fraction of sp³-hybridized carbons (Fsp3) is 0.412. The number of nitrogens with one attached hydrogen (secondary N) is 1. The standard InChI is InChI=1S/C17H22F2N2/c1-4-21-12(2)7-15(13(21)3)11-20-6-5-14-8-16(18)10-17(19)9-14/h7-10,20H,4-6,11H2,1-3H3. The molecule has 1 N–H and O–H groups in total. The second-order valence-electron chi connectivity index (χ2n) is 5.35. The van der Waals surface area contributed by atoms with Gasteiger partial charge in [-0.1, -0.05) is 0 Å². The highest BCUT2D eigenvalue weighted by Gasteiger charge is 2.07. The third kappa shape index (κ3) is 3.91. The van der Waals surface area contributed by atoms with Crippen molar-refractivity contribution in [2.45, 2.75) is 40.3 Å². The van der Waals surface area contributed by atoms with Crippen molar-refractivity contribution in [3.05, 3.63) is 58.4 Å². The van der Waals surface area contributed by atoms with Crippen molar-refractivity contribution in [3.8, 4) is 0 Å². The second kappa shape index (κ2) is 6.85. The predicted molar refractivity (Wildman–Crippen MR) is 81.3 cm³/mol. The molecule has 0 bridgehead atoms. The van der Waals surface area contributed by atoms with Gasteiger partial charge in [0, 0.05) is 30.5 Å². The molecule has 0 atom stereocenters. The Morgan fingerprint density at radius 2 is 1.71 bits per heavy atom. The van der Waals surface area contributed by atoms with Gasteiger partial charge in [0.05, 0.1) is 0 Å². The van der Waals surface area contributed by atoms with Crippen LogP contribution in [0.1, 0.15) is 29.4 Å². The van der Waals surface area contributed by atoms with Crippen LogP contribution in [0, 0.1) is 25.5 Å². The molecule has 114 valence electrons. The minimum Gasteiger partial charge on any atom is -0.349 e. The fourth-order valence-electron chi connectivity index (χ4n) is 2.75. The van der Waals surface area contributed by atoms with Crippen LogP contribution in [0.2, 0.25) is 0 Å². The summed E-state index contributed by atoms with van der Waals surface area (Å²) >= 11 is 0. The predicted octanol–water partition coefficient (Wildman–Crippen LogP) is 3.74. The first kappa shape index (κ1) is 15.7. The molecule has 2 aromatic rings. The van der Waals surface area contributed by atoms with Gasteiger partial charge in [-0.25, -0.2) is 8.78 Å². The van der Waals surface area contributed by atoms with Crippen LogP contribution >= 0.6 is 0 Å². The molecule has 0 radical (unpaired) electrons. The highest BCUT2D eigenvalue weighted by Crippen LogP contribution is 2.14. The zero-order valence-electron chi connectivity index (χ0n) is 12.8. The van der Waals surface area contributed by atoms with Gasteiger partial charge in [-0.15, -0.1) is 0 Å². The van der Waals surface area contributed by atoms with Crippen LogP contribution in [0.15, 0.2) is 24.3 Å². The van der Waals surface area contributed by atoms with E-state index in [1.807, 2.05) is 0 Å². The Balaban J connectivity index is 1.87. The maximum Gasteiger partial charge on any atom is 0.126 e. The number of aryl methyl sites for hydroxylation is 1. The molecular weight excluding hydrogens is 270 g/mol. The molecule has 0 fully saturated rings. The number of benzene rings is 1. The summed E-state index contributed by atoms with van der Waals surface area (Å²) in [5, 5.41) is 3.34. The Kier molecular flexibility index (Phi) is 5.12. The van der Waals surface area contributed by atoms with Gasteiger partial charge in [0.15, 0.2) is 0 Å². The van der Waals surface area contributed by atoms with E-state index in [1.165, 1.54) is 29.1 Å². The van der Waals surface area contributed by atoms with Crippen LogP contribution in [0.4, 0.5) is 8.78 Å². The van der Waals surface area contributed by atoms with E-state index in [2.05, 4.69) is 36.7 Å². The maximum atomic E-state index is 13.1. The van der Waals surface area contributed by atoms with Crippen LogP contribution in [-0.4, -0.2) is 11.1 Å². The summed E-state index contributed by atoms with van der Waals surface area (Å²) in [6, 6.07) is 5.85. The lowest BCUT2D eigenvalue weighted by Crippen LogP contribution is -2.17. The maximum absolute atomic E-state index is 13.1. The lowest BCUT2D eigenvalue weighted by molar-refractivity contribution is 0.577. The fourth-order valence-corrected chi connectivity index (χ4v) is 2.75. The Morgan fingerprint density at radius 3 is 2.29 bits per heavy atom. The molecule has 0 aliphatic rings. The van der Waals surface area contributed by atoms with Gasteiger partial charge in [-0.05, 0) is 63.1 Å². The number of aromatic nitrogens is 1. The first-order chi connectivity index (χ1) is 10.0. The van der Waals surface area contributed by atoms with Crippen molar-refractivity contribution in [3.63, 3.8) is 0 Å². The highest BCUT2D eigenvalue weighted by atomic mass is 19.1. The number of rotatable bonds is 6. The number of hydrogen-bond acceptors (Lipinski definition) is 1. The monoisotopic (exact) mass is 292 g/mol. The summed E-state index contributed by atoms with van der Waals surface area (Å²) < 4.78 is 28.4. The first-order valence-electron chi connectivity index (χ1n) is 7.32. The third-order valence-electron chi connectivity index (χ3n) is 3.82. The van der Waals surface area contributed by atoms with Crippen molar-refractivity contribution in [1.82, 2.24) is 9.88 Å². The van der Waals surface area contributed by atoms with E-state index in [4.69, 9.17) is 0 Å².